The summed E-state index contributed by atoms with van der Waals surface area (Å²) in [6.07, 6.45) is 0. The van der Waals surface area contributed by atoms with Crippen LogP contribution in [0.25, 0.3) is 0 Å². The smallest absolute Gasteiger partial charge is 0.163 e. The van der Waals surface area contributed by atoms with Gasteiger partial charge in [-0.2, -0.15) is 0 Å². The van der Waals surface area contributed by atoms with Crippen LogP contribution in [-0.2, 0) is 18.0 Å². The second kappa shape index (κ2) is 6.01. The molecule has 0 bridgehead atoms. The van der Waals surface area contributed by atoms with Crippen molar-refractivity contribution in [2.45, 2.75) is 13.2 Å². The van der Waals surface area contributed by atoms with E-state index in [9.17, 15) is 4.39 Å². The third-order valence-electron chi connectivity index (χ3n) is 3.28. The molecule has 1 aliphatic heterocycles. The topological polar surface area (TPSA) is 53.7 Å². The zero-order valence-corrected chi connectivity index (χ0v) is 11.5. The Kier molecular flexibility index (Phi) is 3.92. The molecule has 3 rings (SSSR count). The normalized spacial score (nSPS) is 13.2. The second-order valence-electron chi connectivity index (χ2n) is 4.78. The summed E-state index contributed by atoms with van der Waals surface area (Å²) in [5.41, 5.74) is 7.86. The van der Waals surface area contributed by atoms with Crippen LogP contribution in [-0.4, -0.2) is 13.2 Å². The lowest BCUT2D eigenvalue weighted by atomic mass is 10.1. The van der Waals surface area contributed by atoms with E-state index in [0.29, 0.717) is 36.0 Å². The Morgan fingerprint density at radius 1 is 1.00 bits per heavy atom. The molecule has 2 aromatic rings. The average molecular weight is 289 g/mol. The van der Waals surface area contributed by atoms with E-state index in [0.717, 1.165) is 5.56 Å². The van der Waals surface area contributed by atoms with Crippen LogP contribution in [0.4, 0.5) is 10.1 Å². The molecule has 0 unspecified atom stereocenters. The third-order valence-corrected chi connectivity index (χ3v) is 3.28. The summed E-state index contributed by atoms with van der Waals surface area (Å²) < 4.78 is 30.0. The zero-order valence-electron chi connectivity index (χ0n) is 11.5. The molecule has 21 heavy (non-hydrogen) atoms. The SMILES string of the molecule is Nc1cc2c(cc1COCc1ccccc1F)OCCO2. The molecule has 0 fully saturated rings. The van der Waals surface area contributed by atoms with Crippen molar-refractivity contribution in [1.29, 1.82) is 0 Å². The predicted molar refractivity (Wildman–Crippen MR) is 76.7 cm³/mol. The fourth-order valence-corrected chi connectivity index (χ4v) is 2.16. The van der Waals surface area contributed by atoms with Crippen molar-refractivity contribution in [1.82, 2.24) is 0 Å². The lowest BCUT2D eigenvalue weighted by Crippen LogP contribution is -2.16. The highest BCUT2D eigenvalue weighted by molar-refractivity contribution is 5.58. The molecule has 110 valence electrons. The summed E-state index contributed by atoms with van der Waals surface area (Å²) in [6, 6.07) is 10.1. The van der Waals surface area contributed by atoms with Gasteiger partial charge in [-0.15, -0.1) is 0 Å². The molecular weight excluding hydrogens is 273 g/mol. The number of halogens is 1. The molecule has 0 amide bonds. The summed E-state index contributed by atoms with van der Waals surface area (Å²) in [5, 5.41) is 0. The van der Waals surface area contributed by atoms with E-state index in [1.54, 1.807) is 24.3 Å². The van der Waals surface area contributed by atoms with E-state index < -0.39 is 0 Å². The summed E-state index contributed by atoms with van der Waals surface area (Å²) in [7, 11) is 0. The standard InChI is InChI=1S/C16H16FNO3/c17-13-4-2-1-3-11(13)9-19-10-12-7-15-16(8-14(12)18)21-6-5-20-15/h1-4,7-8H,5-6,9-10,18H2. The van der Waals surface area contributed by atoms with Gasteiger partial charge in [-0.05, 0) is 12.1 Å². The van der Waals surface area contributed by atoms with Gasteiger partial charge in [-0.1, -0.05) is 18.2 Å². The van der Waals surface area contributed by atoms with Crippen LogP contribution in [0, 0.1) is 5.82 Å². The van der Waals surface area contributed by atoms with E-state index in [2.05, 4.69) is 0 Å². The van der Waals surface area contributed by atoms with Crippen LogP contribution in [0.3, 0.4) is 0 Å². The molecule has 0 spiro atoms. The number of hydrogen-bond donors (Lipinski definition) is 1. The number of benzene rings is 2. The molecule has 4 nitrogen and oxygen atoms in total. The van der Waals surface area contributed by atoms with Gasteiger partial charge in [0, 0.05) is 22.9 Å². The molecule has 0 atom stereocenters. The first-order valence-corrected chi connectivity index (χ1v) is 6.73. The summed E-state index contributed by atoms with van der Waals surface area (Å²) >= 11 is 0. The van der Waals surface area contributed by atoms with Crippen molar-refractivity contribution in [2.75, 3.05) is 18.9 Å². The molecule has 0 saturated carbocycles. The first-order valence-electron chi connectivity index (χ1n) is 6.73. The van der Waals surface area contributed by atoms with E-state index in [-0.39, 0.29) is 19.0 Å². The van der Waals surface area contributed by atoms with E-state index in [1.165, 1.54) is 6.07 Å². The monoisotopic (exact) mass is 289 g/mol. The average Bonchev–Trinajstić information content (AvgIpc) is 2.49. The van der Waals surface area contributed by atoms with Crippen LogP contribution in [0.15, 0.2) is 36.4 Å². The number of ether oxygens (including phenoxy) is 3. The minimum absolute atomic E-state index is 0.195. The molecule has 0 saturated heterocycles. The Balaban J connectivity index is 1.67. The minimum Gasteiger partial charge on any atom is -0.486 e. The minimum atomic E-state index is -0.271. The van der Waals surface area contributed by atoms with E-state index in [1.807, 2.05) is 6.07 Å². The number of nitrogen functional groups attached to an aromatic ring is 1. The van der Waals surface area contributed by atoms with Crippen LogP contribution in [0.1, 0.15) is 11.1 Å². The number of anilines is 1. The highest BCUT2D eigenvalue weighted by atomic mass is 19.1. The Labute approximate surface area is 122 Å². The van der Waals surface area contributed by atoms with Gasteiger partial charge in [-0.3, -0.25) is 0 Å². The summed E-state index contributed by atoms with van der Waals surface area (Å²) in [6.45, 7) is 1.53. The van der Waals surface area contributed by atoms with Gasteiger partial charge in [0.2, 0.25) is 0 Å². The molecule has 0 aliphatic carbocycles. The first kappa shape index (κ1) is 13.7. The summed E-state index contributed by atoms with van der Waals surface area (Å²) in [5.74, 6) is 1.05. The molecule has 5 heteroatoms. The molecule has 1 heterocycles. The van der Waals surface area contributed by atoms with Gasteiger partial charge in [-0.25, -0.2) is 4.39 Å². The van der Waals surface area contributed by atoms with E-state index in [4.69, 9.17) is 19.9 Å². The maximum absolute atomic E-state index is 13.5. The van der Waals surface area contributed by atoms with Crippen molar-refractivity contribution in [3.8, 4) is 11.5 Å². The van der Waals surface area contributed by atoms with Crippen molar-refractivity contribution in [2.24, 2.45) is 0 Å². The van der Waals surface area contributed by atoms with Gasteiger partial charge in [0.05, 0.1) is 13.2 Å². The lowest BCUT2D eigenvalue weighted by molar-refractivity contribution is 0.104. The lowest BCUT2D eigenvalue weighted by Gasteiger charge is -2.20. The van der Waals surface area contributed by atoms with E-state index >= 15 is 0 Å². The Morgan fingerprint density at radius 3 is 2.43 bits per heavy atom. The van der Waals surface area contributed by atoms with Crippen molar-refractivity contribution >= 4 is 5.69 Å². The van der Waals surface area contributed by atoms with Gasteiger partial charge in [0.1, 0.15) is 19.0 Å². The maximum atomic E-state index is 13.5. The maximum Gasteiger partial charge on any atom is 0.163 e. The van der Waals surface area contributed by atoms with Crippen molar-refractivity contribution in [3.63, 3.8) is 0 Å². The Hall–Kier alpha value is -2.27. The van der Waals surface area contributed by atoms with Crippen molar-refractivity contribution < 1.29 is 18.6 Å². The number of fused-ring (bicyclic) bond motifs is 1. The van der Waals surface area contributed by atoms with Crippen LogP contribution < -0.4 is 15.2 Å². The highest BCUT2D eigenvalue weighted by Gasteiger charge is 2.14. The van der Waals surface area contributed by atoms with Gasteiger partial charge < -0.3 is 19.9 Å². The van der Waals surface area contributed by atoms with Gasteiger partial charge in [0.25, 0.3) is 0 Å². The fraction of sp³-hybridized carbons (Fsp3) is 0.250. The van der Waals surface area contributed by atoms with Crippen LogP contribution >= 0.6 is 0 Å². The first-order chi connectivity index (χ1) is 10.2. The second-order valence-corrected chi connectivity index (χ2v) is 4.78. The Morgan fingerprint density at radius 2 is 1.67 bits per heavy atom. The number of nitrogens with two attached hydrogens (primary N) is 1. The number of hydrogen-bond acceptors (Lipinski definition) is 4. The largest absolute Gasteiger partial charge is 0.486 e. The molecule has 0 aromatic heterocycles. The molecule has 2 aromatic carbocycles. The van der Waals surface area contributed by atoms with Gasteiger partial charge >= 0.3 is 0 Å². The van der Waals surface area contributed by atoms with Crippen LogP contribution in [0.5, 0.6) is 11.5 Å². The zero-order chi connectivity index (χ0) is 14.7. The number of rotatable bonds is 4. The predicted octanol–water partition coefficient (Wildman–Crippen LogP) is 2.90. The third kappa shape index (κ3) is 3.08. The van der Waals surface area contributed by atoms with Crippen LogP contribution in [0.2, 0.25) is 0 Å². The fourth-order valence-electron chi connectivity index (χ4n) is 2.16. The molecular formula is C16H16FNO3. The molecule has 2 N–H and O–H groups in total. The van der Waals surface area contributed by atoms with Gasteiger partial charge in [0.15, 0.2) is 11.5 Å². The molecule has 1 aliphatic rings. The highest BCUT2D eigenvalue weighted by Crippen LogP contribution is 2.34. The summed E-state index contributed by atoms with van der Waals surface area (Å²) in [4.78, 5) is 0. The van der Waals surface area contributed by atoms with Crippen molar-refractivity contribution in [3.05, 3.63) is 53.3 Å². The molecule has 0 radical (unpaired) electrons. The quantitative estimate of drug-likeness (QED) is 0.879. The Bertz CT molecular complexity index is 645.